The van der Waals surface area contributed by atoms with E-state index in [1.165, 1.54) is 0 Å². The molecule has 0 saturated carbocycles. The van der Waals surface area contributed by atoms with E-state index in [2.05, 4.69) is 10.4 Å². The number of rotatable bonds is 5. The van der Waals surface area contributed by atoms with Crippen LogP contribution in [0, 0.1) is 13.8 Å². The lowest BCUT2D eigenvalue weighted by Gasteiger charge is -2.07. The fraction of sp³-hybridized carbons (Fsp3) is 0.700. The van der Waals surface area contributed by atoms with Gasteiger partial charge in [0.05, 0.1) is 5.69 Å². The van der Waals surface area contributed by atoms with Crippen LogP contribution in [0.5, 0.6) is 0 Å². The summed E-state index contributed by atoms with van der Waals surface area (Å²) in [6.07, 6.45) is 0. The summed E-state index contributed by atoms with van der Waals surface area (Å²) in [4.78, 5) is 0. The maximum atomic E-state index is 11.9. The molecule has 0 aromatic carbocycles. The monoisotopic (exact) mass is 267 g/mol. The van der Waals surface area contributed by atoms with Gasteiger partial charge in [-0.05, 0) is 25.6 Å². The molecule has 0 unspecified atom stereocenters. The van der Waals surface area contributed by atoms with Gasteiger partial charge in [0.25, 0.3) is 0 Å². The average Bonchev–Trinajstić information content (AvgIpc) is 2.42. The third-order valence-corrected chi connectivity index (χ3v) is 3.24. The second kappa shape index (κ2) is 5.77. The van der Waals surface area contributed by atoms with Crippen LogP contribution in [0.25, 0.3) is 0 Å². The minimum atomic E-state index is -4.14. The Bertz CT molecular complexity index is 374. The first-order valence-electron chi connectivity index (χ1n) is 5.21. The van der Waals surface area contributed by atoms with Gasteiger partial charge in [0.2, 0.25) is 0 Å². The summed E-state index contributed by atoms with van der Waals surface area (Å²) in [5.41, 5.74) is -1.12. The molecule has 3 nitrogen and oxygen atoms in total. The van der Waals surface area contributed by atoms with E-state index in [1.807, 2.05) is 20.9 Å². The van der Waals surface area contributed by atoms with Crippen LogP contribution in [0.4, 0.5) is 13.2 Å². The molecule has 0 aliphatic rings. The predicted molar refractivity (Wildman–Crippen MR) is 62.9 cm³/mol. The summed E-state index contributed by atoms with van der Waals surface area (Å²) in [5, 5.41) is 7.24. The molecular formula is C10H16F3N3S. The molecule has 0 radical (unpaired) electrons. The molecule has 0 fully saturated rings. The van der Waals surface area contributed by atoms with Crippen LogP contribution in [-0.4, -0.2) is 27.6 Å². The van der Waals surface area contributed by atoms with Crippen molar-refractivity contribution in [2.45, 2.75) is 25.9 Å². The second-order valence-electron chi connectivity index (χ2n) is 3.74. The Kier molecular flexibility index (Phi) is 4.88. The Morgan fingerprint density at radius 3 is 2.47 bits per heavy atom. The van der Waals surface area contributed by atoms with Gasteiger partial charge in [-0.1, -0.05) is 0 Å². The van der Waals surface area contributed by atoms with Gasteiger partial charge >= 0.3 is 5.51 Å². The molecule has 98 valence electrons. The van der Waals surface area contributed by atoms with Crippen molar-refractivity contribution in [3.63, 3.8) is 0 Å². The molecule has 0 saturated heterocycles. The number of alkyl halides is 3. The molecule has 0 amide bonds. The van der Waals surface area contributed by atoms with E-state index < -0.39 is 5.51 Å². The van der Waals surface area contributed by atoms with Gasteiger partial charge in [0, 0.05) is 37.1 Å². The number of aromatic nitrogens is 2. The Balaban J connectivity index is 2.32. The Morgan fingerprint density at radius 1 is 1.35 bits per heavy atom. The smallest absolute Gasteiger partial charge is 0.312 e. The SMILES string of the molecule is Cc1nn(C)c(C)c1CNCCSC(F)(F)F. The topological polar surface area (TPSA) is 29.9 Å². The average molecular weight is 267 g/mol. The molecule has 0 aliphatic carbocycles. The molecule has 1 heterocycles. The lowest BCUT2D eigenvalue weighted by Crippen LogP contribution is -2.19. The van der Waals surface area contributed by atoms with Crippen molar-refractivity contribution in [2.75, 3.05) is 12.3 Å². The van der Waals surface area contributed by atoms with Crippen molar-refractivity contribution < 1.29 is 13.2 Å². The molecule has 0 atom stereocenters. The van der Waals surface area contributed by atoms with Gasteiger partial charge in [0.1, 0.15) is 0 Å². The Labute approximate surface area is 103 Å². The predicted octanol–water partition coefficient (Wildman–Crippen LogP) is 2.38. The molecule has 0 bridgehead atoms. The summed E-state index contributed by atoms with van der Waals surface area (Å²) in [6.45, 7) is 4.73. The van der Waals surface area contributed by atoms with Gasteiger partial charge < -0.3 is 5.32 Å². The standard InChI is InChI=1S/C10H16F3N3S/c1-7-9(8(2)16(3)15-7)6-14-4-5-17-10(11,12)13/h14H,4-6H2,1-3H3. The minimum Gasteiger partial charge on any atom is -0.312 e. The third-order valence-electron chi connectivity index (χ3n) is 2.51. The molecule has 1 aromatic rings. The summed E-state index contributed by atoms with van der Waals surface area (Å²) >= 11 is -0.00102. The molecule has 1 N–H and O–H groups in total. The summed E-state index contributed by atoms with van der Waals surface area (Å²) in [7, 11) is 1.85. The van der Waals surface area contributed by atoms with Gasteiger partial charge in [-0.2, -0.15) is 18.3 Å². The van der Waals surface area contributed by atoms with Gasteiger partial charge in [-0.3, -0.25) is 4.68 Å². The number of halogens is 3. The highest BCUT2D eigenvalue weighted by molar-refractivity contribution is 8.00. The molecule has 1 aromatic heterocycles. The highest BCUT2D eigenvalue weighted by Gasteiger charge is 2.27. The molecule has 1 rings (SSSR count). The van der Waals surface area contributed by atoms with Crippen LogP contribution >= 0.6 is 11.8 Å². The van der Waals surface area contributed by atoms with E-state index in [1.54, 1.807) is 4.68 Å². The highest BCUT2D eigenvalue weighted by Crippen LogP contribution is 2.29. The maximum Gasteiger partial charge on any atom is 0.441 e. The van der Waals surface area contributed by atoms with Gasteiger partial charge in [-0.15, -0.1) is 0 Å². The number of aryl methyl sites for hydroxylation is 2. The number of thioether (sulfide) groups is 1. The normalized spacial score (nSPS) is 12.1. The van der Waals surface area contributed by atoms with E-state index in [0.29, 0.717) is 13.1 Å². The number of hydrogen-bond donors (Lipinski definition) is 1. The van der Waals surface area contributed by atoms with E-state index in [9.17, 15) is 13.2 Å². The van der Waals surface area contributed by atoms with Crippen LogP contribution < -0.4 is 5.32 Å². The van der Waals surface area contributed by atoms with Crippen molar-refractivity contribution in [1.29, 1.82) is 0 Å². The second-order valence-corrected chi connectivity index (χ2v) is 4.90. The van der Waals surface area contributed by atoms with Crippen LogP contribution in [0.2, 0.25) is 0 Å². The zero-order valence-electron chi connectivity index (χ0n) is 10.1. The lowest BCUT2D eigenvalue weighted by molar-refractivity contribution is -0.0327. The van der Waals surface area contributed by atoms with E-state index in [4.69, 9.17) is 0 Å². The zero-order valence-corrected chi connectivity index (χ0v) is 10.9. The quantitative estimate of drug-likeness (QED) is 0.831. The number of nitrogens with zero attached hydrogens (tertiary/aromatic N) is 2. The first-order valence-corrected chi connectivity index (χ1v) is 6.20. The van der Waals surface area contributed by atoms with E-state index in [-0.39, 0.29) is 17.5 Å². The minimum absolute atomic E-state index is 0.00102. The van der Waals surface area contributed by atoms with Crippen molar-refractivity contribution in [3.05, 3.63) is 17.0 Å². The Morgan fingerprint density at radius 2 is 2.00 bits per heavy atom. The third kappa shape index (κ3) is 4.59. The molecular weight excluding hydrogens is 251 g/mol. The van der Waals surface area contributed by atoms with Crippen LogP contribution in [-0.2, 0) is 13.6 Å². The highest BCUT2D eigenvalue weighted by atomic mass is 32.2. The van der Waals surface area contributed by atoms with Crippen LogP contribution in [0.15, 0.2) is 0 Å². The molecule has 0 aliphatic heterocycles. The molecule has 17 heavy (non-hydrogen) atoms. The zero-order chi connectivity index (χ0) is 13.1. The van der Waals surface area contributed by atoms with Crippen molar-refractivity contribution in [1.82, 2.24) is 15.1 Å². The van der Waals surface area contributed by atoms with Crippen molar-refractivity contribution in [2.24, 2.45) is 7.05 Å². The largest absolute Gasteiger partial charge is 0.441 e. The summed E-state index contributed by atoms with van der Waals surface area (Å²) in [6, 6.07) is 0. The van der Waals surface area contributed by atoms with Crippen LogP contribution in [0.1, 0.15) is 17.0 Å². The van der Waals surface area contributed by atoms with Crippen molar-refractivity contribution in [3.8, 4) is 0 Å². The van der Waals surface area contributed by atoms with Gasteiger partial charge in [0.15, 0.2) is 0 Å². The van der Waals surface area contributed by atoms with Crippen molar-refractivity contribution >= 4 is 11.8 Å². The molecule has 0 spiro atoms. The van der Waals surface area contributed by atoms with Crippen LogP contribution in [0.3, 0.4) is 0 Å². The fourth-order valence-electron chi connectivity index (χ4n) is 1.53. The maximum absolute atomic E-state index is 11.9. The first-order chi connectivity index (χ1) is 7.81. The van der Waals surface area contributed by atoms with E-state index >= 15 is 0 Å². The number of hydrogen-bond acceptors (Lipinski definition) is 3. The lowest BCUT2D eigenvalue weighted by atomic mass is 10.2. The van der Waals surface area contributed by atoms with Gasteiger partial charge in [-0.25, -0.2) is 0 Å². The Hall–Kier alpha value is -0.690. The summed E-state index contributed by atoms with van der Waals surface area (Å²) < 4.78 is 37.4. The van der Waals surface area contributed by atoms with E-state index in [0.717, 1.165) is 17.0 Å². The fourth-order valence-corrected chi connectivity index (χ4v) is 2.00. The number of nitrogens with one attached hydrogen (secondary N) is 1. The summed E-state index contributed by atoms with van der Waals surface area (Å²) in [5.74, 6) is 0.0296. The first kappa shape index (κ1) is 14.4. The molecule has 7 heteroatoms.